The molecule has 0 atom stereocenters. The third-order valence-corrected chi connectivity index (χ3v) is 4.99. The van der Waals surface area contributed by atoms with Crippen molar-refractivity contribution in [2.45, 2.75) is 26.4 Å². The van der Waals surface area contributed by atoms with Crippen LogP contribution in [0.1, 0.15) is 24.6 Å². The molecule has 0 radical (unpaired) electrons. The summed E-state index contributed by atoms with van der Waals surface area (Å²) in [5.41, 5.74) is 9.85. The van der Waals surface area contributed by atoms with Crippen molar-refractivity contribution in [3.8, 4) is 27.9 Å². The van der Waals surface area contributed by atoms with Crippen molar-refractivity contribution < 1.29 is 9.90 Å². The lowest BCUT2D eigenvalue weighted by atomic mass is 10.0. The number of carbonyl (C=O) groups is 1. The lowest BCUT2D eigenvalue weighted by molar-refractivity contribution is -0.134. The molecule has 8 nitrogen and oxygen atoms in total. The Labute approximate surface area is 166 Å². The highest BCUT2D eigenvalue weighted by Gasteiger charge is 2.18. The van der Waals surface area contributed by atoms with Gasteiger partial charge >= 0.3 is 0 Å². The minimum Gasteiger partial charge on any atom is -0.481 e. The van der Waals surface area contributed by atoms with E-state index in [1.165, 1.54) is 0 Å². The number of aromatic nitrogens is 3. The summed E-state index contributed by atoms with van der Waals surface area (Å²) in [7, 11) is 0. The molecule has 4 rings (SSSR count). The zero-order valence-corrected chi connectivity index (χ0v) is 16.2. The minimum atomic E-state index is -0.833. The Hall–Kier alpha value is -3.22. The van der Waals surface area contributed by atoms with E-state index in [0.717, 1.165) is 60.5 Å². The van der Waals surface area contributed by atoms with Gasteiger partial charge < -0.3 is 16.2 Å². The summed E-state index contributed by atoms with van der Waals surface area (Å²) in [4.78, 5) is 14.4. The SMILES string of the molecule is CC(=O)O.N#Cc1c(-c2cc3n(n2)CCCNC3)cc(-c2cccs2)nc1N. The molecule has 0 spiro atoms. The normalized spacial score (nSPS) is 12.9. The first-order valence-electron chi connectivity index (χ1n) is 8.71. The van der Waals surface area contributed by atoms with Crippen molar-refractivity contribution >= 4 is 23.1 Å². The molecule has 4 N–H and O–H groups in total. The molecule has 0 saturated carbocycles. The molecule has 0 amide bonds. The maximum Gasteiger partial charge on any atom is 0.300 e. The van der Waals surface area contributed by atoms with Gasteiger partial charge in [0.25, 0.3) is 5.97 Å². The largest absolute Gasteiger partial charge is 0.481 e. The van der Waals surface area contributed by atoms with Crippen LogP contribution in [0.4, 0.5) is 5.82 Å². The number of aryl methyl sites for hydroxylation is 1. The molecular formula is C19H20N6O2S. The van der Waals surface area contributed by atoms with Crippen molar-refractivity contribution in [3.63, 3.8) is 0 Å². The smallest absolute Gasteiger partial charge is 0.300 e. The summed E-state index contributed by atoms with van der Waals surface area (Å²) in [6, 6.07) is 10.1. The highest BCUT2D eigenvalue weighted by molar-refractivity contribution is 7.13. The number of hydrogen-bond donors (Lipinski definition) is 3. The lowest BCUT2D eigenvalue weighted by Crippen LogP contribution is -2.11. The molecule has 3 aromatic heterocycles. The van der Waals surface area contributed by atoms with Gasteiger partial charge in [-0.05, 0) is 36.5 Å². The Morgan fingerprint density at radius 1 is 1.43 bits per heavy atom. The van der Waals surface area contributed by atoms with Gasteiger partial charge in [0.2, 0.25) is 0 Å². The molecular weight excluding hydrogens is 376 g/mol. The van der Waals surface area contributed by atoms with Gasteiger partial charge in [0.1, 0.15) is 17.5 Å². The molecule has 144 valence electrons. The van der Waals surface area contributed by atoms with E-state index in [1.54, 1.807) is 11.3 Å². The second-order valence-electron chi connectivity index (χ2n) is 6.20. The van der Waals surface area contributed by atoms with Crippen molar-refractivity contribution in [1.29, 1.82) is 5.26 Å². The monoisotopic (exact) mass is 396 g/mol. The van der Waals surface area contributed by atoms with Gasteiger partial charge in [-0.2, -0.15) is 10.4 Å². The number of nitrogen functional groups attached to an aromatic ring is 1. The molecule has 0 aliphatic carbocycles. The number of rotatable bonds is 2. The lowest BCUT2D eigenvalue weighted by Gasteiger charge is -2.07. The second kappa shape index (κ2) is 8.65. The molecule has 0 unspecified atom stereocenters. The average Bonchev–Trinajstić information content (AvgIpc) is 3.27. The molecule has 1 aliphatic heterocycles. The summed E-state index contributed by atoms with van der Waals surface area (Å²) in [5, 5.41) is 27.0. The second-order valence-corrected chi connectivity index (χ2v) is 7.15. The third kappa shape index (κ3) is 4.36. The maximum absolute atomic E-state index is 9.52. The molecule has 3 aromatic rings. The first-order valence-corrected chi connectivity index (χ1v) is 9.59. The van der Waals surface area contributed by atoms with E-state index < -0.39 is 5.97 Å². The summed E-state index contributed by atoms with van der Waals surface area (Å²) < 4.78 is 2.01. The van der Waals surface area contributed by atoms with Gasteiger partial charge in [-0.25, -0.2) is 4.98 Å². The summed E-state index contributed by atoms with van der Waals surface area (Å²) in [5.74, 6) is -0.584. The molecule has 4 heterocycles. The summed E-state index contributed by atoms with van der Waals surface area (Å²) >= 11 is 1.60. The van der Waals surface area contributed by atoms with Crippen LogP contribution in [0, 0.1) is 11.3 Å². The number of anilines is 1. The molecule has 0 fully saturated rings. The van der Waals surface area contributed by atoms with Crippen molar-refractivity contribution in [2.75, 3.05) is 12.3 Å². The topological polar surface area (TPSA) is 130 Å². The molecule has 1 aliphatic rings. The maximum atomic E-state index is 9.52. The number of aliphatic carboxylic acids is 1. The number of hydrogen-bond acceptors (Lipinski definition) is 7. The number of fused-ring (bicyclic) bond motifs is 1. The molecule has 0 aromatic carbocycles. The number of thiophene rings is 1. The van der Waals surface area contributed by atoms with E-state index >= 15 is 0 Å². The van der Waals surface area contributed by atoms with Gasteiger partial charge in [-0.1, -0.05) is 6.07 Å². The van der Waals surface area contributed by atoms with Crippen LogP contribution in [-0.2, 0) is 17.9 Å². The fraction of sp³-hybridized carbons (Fsp3) is 0.263. The summed E-state index contributed by atoms with van der Waals surface area (Å²) in [6.07, 6.45) is 1.04. The Kier molecular flexibility index (Phi) is 6.03. The number of nitrogens with one attached hydrogen (secondary N) is 1. The van der Waals surface area contributed by atoms with Crippen LogP contribution in [-0.4, -0.2) is 32.4 Å². The number of carboxylic acid groups (broad SMARTS) is 1. The Bertz CT molecular complexity index is 992. The van der Waals surface area contributed by atoms with E-state index in [4.69, 9.17) is 20.7 Å². The van der Waals surface area contributed by atoms with Crippen LogP contribution in [0.25, 0.3) is 21.8 Å². The number of nitrogens with zero attached hydrogens (tertiary/aromatic N) is 4. The average molecular weight is 396 g/mol. The van der Waals surface area contributed by atoms with Gasteiger partial charge in [-0.15, -0.1) is 11.3 Å². The van der Waals surface area contributed by atoms with Crippen LogP contribution >= 0.6 is 11.3 Å². The fourth-order valence-corrected chi connectivity index (χ4v) is 3.61. The van der Waals surface area contributed by atoms with Gasteiger partial charge in [0.15, 0.2) is 0 Å². The predicted octanol–water partition coefficient (Wildman–Crippen LogP) is 2.71. The molecule has 0 saturated heterocycles. The quantitative estimate of drug-likeness (QED) is 0.607. The van der Waals surface area contributed by atoms with Gasteiger partial charge in [0, 0.05) is 25.6 Å². The molecule has 9 heteroatoms. The Balaban J connectivity index is 0.000000516. The van der Waals surface area contributed by atoms with E-state index in [-0.39, 0.29) is 5.82 Å². The zero-order chi connectivity index (χ0) is 20.1. The van der Waals surface area contributed by atoms with Crippen molar-refractivity contribution in [1.82, 2.24) is 20.1 Å². The van der Waals surface area contributed by atoms with E-state index in [1.807, 2.05) is 34.3 Å². The number of carboxylic acids is 1. The number of pyridine rings is 1. The van der Waals surface area contributed by atoms with E-state index in [2.05, 4.69) is 16.4 Å². The van der Waals surface area contributed by atoms with Gasteiger partial charge in [0.05, 0.1) is 22.0 Å². The van der Waals surface area contributed by atoms with E-state index in [9.17, 15) is 5.26 Å². The van der Waals surface area contributed by atoms with Crippen molar-refractivity contribution in [2.24, 2.45) is 0 Å². The van der Waals surface area contributed by atoms with Crippen LogP contribution in [0.3, 0.4) is 0 Å². The Morgan fingerprint density at radius 2 is 2.21 bits per heavy atom. The minimum absolute atomic E-state index is 0.250. The highest BCUT2D eigenvalue weighted by Crippen LogP contribution is 2.32. The predicted molar refractivity (Wildman–Crippen MR) is 108 cm³/mol. The Morgan fingerprint density at radius 3 is 2.89 bits per heavy atom. The first kappa shape index (κ1) is 19.5. The number of nitrogens with two attached hydrogens (primary N) is 1. The van der Waals surface area contributed by atoms with Gasteiger partial charge in [-0.3, -0.25) is 9.48 Å². The third-order valence-electron chi connectivity index (χ3n) is 4.10. The van der Waals surface area contributed by atoms with E-state index in [0.29, 0.717) is 5.56 Å². The summed E-state index contributed by atoms with van der Waals surface area (Å²) in [6.45, 7) is 3.74. The highest BCUT2D eigenvalue weighted by atomic mass is 32.1. The molecule has 0 bridgehead atoms. The standard InChI is InChI=1S/C17H16N6S.C2H4O2/c18-9-13-12(8-15(21-17(13)19)16-3-1-6-24-16)14-7-11-10-20-4-2-5-23(11)22-14;1-2(3)4/h1,3,6-8,20H,2,4-5,10H2,(H2,19,21);1H3,(H,3,4). The van der Waals surface area contributed by atoms with Crippen LogP contribution in [0.5, 0.6) is 0 Å². The molecule has 28 heavy (non-hydrogen) atoms. The van der Waals surface area contributed by atoms with Crippen LogP contribution in [0.15, 0.2) is 29.6 Å². The first-order chi connectivity index (χ1) is 13.5. The van der Waals surface area contributed by atoms with Crippen LogP contribution in [0.2, 0.25) is 0 Å². The number of nitriles is 1. The van der Waals surface area contributed by atoms with Crippen LogP contribution < -0.4 is 11.1 Å². The zero-order valence-electron chi connectivity index (χ0n) is 15.3. The van der Waals surface area contributed by atoms with Crippen molar-refractivity contribution in [3.05, 3.63) is 40.9 Å². The fourth-order valence-electron chi connectivity index (χ4n) is 2.93.